The molecule has 0 aromatic rings. The van der Waals surface area contributed by atoms with Gasteiger partial charge in [-0.1, -0.05) is 12.2 Å². The van der Waals surface area contributed by atoms with Crippen molar-refractivity contribution < 1.29 is 4.79 Å². The molecule has 0 bridgehead atoms. The molecule has 1 aliphatic rings. The monoisotopic (exact) mass is 196 g/mol. The van der Waals surface area contributed by atoms with Crippen LogP contribution in [0.1, 0.15) is 26.7 Å². The summed E-state index contributed by atoms with van der Waals surface area (Å²) in [6.07, 6.45) is 2.17. The van der Waals surface area contributed by atoms with Crippen molar-refractivity contribution in [3.63, 3.8) is 0 Å². The molecule has 1 saturated carbocycles. The van der Waals surface area contributed by atoms with Crippen molar-refractivity contribution in [2.45, 2.75) is 32.2 Å². The average Bonchev–Trinajstić information content (AvgIpc) is 2.83. The van der Waals surface area contributed by atoms with Crippen molar-refractivity contribution in [3.05, 3.63) is 12.2 Å². The van der Waals surface area contributed by atoms with Crippen LogP contribution in [0, 0.1) is 5.92 Å². The van der Waals surface area contributed by atoms with Crippen LogP contribution in [-0.4, -0.2) is 29.9 Å². The van der Waals surface area contributed by atoms with E-state index in [1.807, 2.05) is 13.8 Å². The van der Waals surface area contributed by atoms with E-state index in [4.69, 9.17) is 5.73 Å². The van der Waals surface area contributed by atoms with Gasteiger partial charge in [0.05, 0.1) is 5.54 Å². The minimum Gasteiger partial charge on any atom is -0.340 e. The zero-order valence-electron chi connectivity index (χ0n) is 9.34. The van der Waals surface area contributed by atoms with Crippen LogP contribution < -0.4 is 5.73 Å². The molecule has 14 heavy (non-hydrogen) atoms. The van der Waals surface area contributed by atoms with Crippen LogP contribution in [0.5, 0.6) is 0 Å². The lowest BCUT2D eigenvalue weighted by molar-refractivity contribution is -0.135. The van der Waals surface area contributed by atoms with Crippen molar-refractivity contribution in [3.8, 4) is 0 Å². The SMILES string of the molecule is C=C(C)CN(C)C(=O)C(C)(N)C1CC1. The summed E-state index contributed by atoms with van der Waals surface area (Å²) in [7, 11) is 1.78. The van der Waals surface area contributed by atoms with Crippen LogP contribution in [-0.2, 0) is 4.79 Å². The van der Waals surface area contributed by atoms with Crippen LogP contribution in [0.3, 0.4) is 0 Å². The van der Waals surface area contributed by atoms with Gasteiger partial charge in [0.25, 0.3) is 0 Å². The van der Waals surface area contributed by atoms with Crippen molar-refractivity contribution in [2.24, 2.45) is 11.7 Å². The molecule has 1 rings (SSSR count). The summed E-state index contributed by atoms with van der Waals surface area (Å²) in [6.45, 7) is 8.13. The fraction of sp³-hybridized carbons (Fsp3) is 0.727. The van der Waals surface area contributed by atoms with Gasteiger partial charge in [-0.15, -0.1) is 0 Å². The highest BCUT2D eigenvalue weighted by Crippen LogP contribution is 2.38. The number of nitrogens with zero attached hydrogens (tertiary/aromatic N) is 1. The lowest BCUT2D eigenvalue weighted by Crippen LogP contribution is -2.54. The summed E-state index contributed by atoms with van der Waals surface area (Å²) in [5, 5.41) is 0. The smallest absolute Gasteiger partial charge is 0.242 e. The summed E-state index contributed by atoms with van der Waals surface area (Å²) in [4.78, 5) is 13.6. The summed E-state index contributed by atoms with van der Waals surface area (Å²) in [6, 6.07) is 0. The third-order valence-electron chi connectivity index (χ3n) is 2.74. The number of likely N-dealkylation sites (N-methyl/N-ethyl adjacent to an activating group) is 1. The van der Waals surface area contributed by atoms with E-state index in [9.17, 15) is 4.79 Å². The maximum absolute atomic E-state index is 11.9. The van der Waals surface area contributed by atoms with Crippen molar-refractivity contribution in [2.75, 3.05) is 13.6 Å². The largest absolute Gasteiger partial charge is 0.340 e. The van der Waals surface area contributed by atoms with E-state index >= 15 is 0 Å². The molecule has 2 N–H and O–H groups in total. The van der Waals surface area contributed by atoms with E-state index in [0.29, 0.717) is 12.5 Å². The standard InChI is InChI=1S/C11H20N2O/c1-8(2)7-13(4)10(14)11(3,12)9-5-6-9/h9H,1,5-7,12H2,2-4H3. The second-order valence-corrected chi connectivity index (χ2v) is 4.68. The van der Waals surface area contributed by atoms with Gasteiger partial charge in [0.1, 0.15) is 0 Å². The Morgan fingerprint density at radius 3 is 2.50 bits per heavy atom. The molecule has 0 aromatic carbocycles. The second kappa shape index (κ2) is 3.73. The van der Waals surface area contributed by atoms with Gasteiger partial charge >= 0.3 is 0 Å². The molecule has 1 atom stereocenters. The molecule has 0 radical (unpaired) electrons. The van der Waals surface area contributed by atoms with E-state index in [2.05, 4.69) is 6.58 Å². The molecular formula is C11H20N2O. The van der Waals surface area contributed by atoms with Gasteiger partial charge in [0, 0.05) is 13.6 Å². The topological polar surface area (TPSA) is 46.3 Å². The fourth-order valence-electron chi connectivity index (χ4n) is 1.75. The molecule has 1 unspecified atom stereocenters. The Hall–Kier alpha value is -0.830. The molecule has 0 aliphatic heterocycles. The molecule has 0 spiro atoms. The molecule has 0 saturated heterocycles. The predicted octanol–water partition coefficient (Wildman–Crippen LogP) is 1.15. The Labute approximate surface area is 86.0 Å². The summed E-state index contributed by atoms with van der Waals surface area (Å²) in [5.41, 5.74) is 6.32. The molecule has 1 aliphatic carbocycles. The van der Waals surface area contributed by atoms with E-state index in [0.717, 1.165) is 18.4 Å². The third kappa shape index (κ3) is 2.35. The molecule has 3 nitrogen and oxygen atoms in total. The zero-order chi connectivity index (χ0) is 10.9. The van der Waals surface area contributed by atoms with E-state index in [-0.39, 0.29) is 5.91 Å². The van der Waals surface area contributed by atoms with Crippen LogP contribution in [0.2, 0.25) is 0 Å². The number of hydrogen-bond donors (Lipinski definition) is 1. The minimum absolute atomic E-state index is 0.0306. The molecular weight excluding hydrogens is 176 g/mol. The maximum Gasteiger partial charge on any atom is 0.242 e. The van der Waals surface area contributed by atoms with Crippen molar-refractivity contribution in [1.29, 1.82) is 0 Å². The highest BCUT2D eigenvalue weighted by atomic mass is 16.2. The average molecular weight is 196 g/mol. The lowest BCUT2D eigenvalue weighted by atomic mass is 9.95. The van der Waals surface area contributed by atoms with Crippen LogP contribution in [0.25, 0.3) is 0 Å². The molecule has 3 heteroatoms. The Morgan fingerprint density at radius 1 is 1.64 bits per heavy atom. The van der Waals surface area contributed by atoms with E-state index in [1.54, 1.807) is 11.9 Å². The molecule has 1 fully saturated rings. The predicted molar refractivity (Wildman–Crippen MR) is 57.8 cm³/mol. The molecule has 0 aromatic heterocycles. The number of nitrogens with two attached hydrogens (primary N) is 1. The van der Waals surface area contributed by atoms with Gasteiger partial charge in [-0.2, -0.15) is 0 Å². The number of rotatable bonds is 4. The van der Waals surface area contributed by atoms with E-state index in [1.165, 1.54) is 0 Å². The first-order chi connectivity index (χ1) is 6.35. The first-order valence-corrected chi connectivity index (χ1v) is 5.04. The number of carbonyl (C=O) groups is 1. The Bertz CT molecular complexity index is 254. The maximum atomic E-state index is 11.9. The number of hydrogen-bond acceptors (Lipinski definition) is 2. The Balaban J connectivity index is 2.58. The normalized spacial score (nSPS) is 20.0. The Morgan fingerprint density at radius 2 is 2.14 bits per heavy atom. The van der Waals surface area contributed by atoms with Gasteiger partial charge in [0.2, 0.25) is 5.91 Å². The van der Waals surface area contributed by atoms with Gasteiger partial charge < -0.3 is 10.6 Å². The van der Waals surface area contributed by atoms with E-state index < -0.39 is 5.54 Å². The Kier molecular flexibility index (Phi) is 3.00. The highest BCUT2D eigenvalue weighted by Gasteiger charge is 2.45. The minimum atomic E-state index is -0.676. The lowest BCUT2D eigenvalue weighted by Gasteiger charge is -2.29. The zero-order valence-corrected chi connectivity index (χ0v) is 9.34. The summed E-state index contributed by atoms with van der Waals surface area (Å²) >= 11 is 0. The first-order valence-electron chi connectivity index (χ1n) is 5.04. The first kappa shape index (κ1) is 11.2. The van der Waals surface area contributed by atoms with Gasteiger partial charge in [-0.05, 0) is 32.6 Å². The van der Waals surface area contributed by atoms with Crippen LogP contribution in [0.4, 0.5) is 0 Å². The van der Waals surface area contributed by atoms with Gasteiger partial charge in [0.15, 0.2) is 0 Å². The number of amides is 1. The van der Waals surface area contributed by atoms with Gasteiger partial charge in [-0.3, -0.25) is 4.79 Å². The fourth-order valence-corrected chi connectivity index (χ4v) is 1.75. The molecule has 1 amide bonds. The summed E-state index contributed by atoms with van der Waals surface area (Å²) < 4.78 is 0. The molecule has 0 heterocycles. The third-order valence-corrected chi connectivity index (χ3v) is 2.74. The van der Waals surface area contributed by atoms with Crippen LogP contribution in [0.15, 0.2) is 12.2 Å². The summed E-state index contributed by atoms with van der Waals surface area (Å²) in [5.74, 6) is 0.408. The highest BCUT2D eigenvalue weighted by molar-refractivity contribution is 5.86. The quantitative estimate of drug-likeness (QED) is 0.686. The van der Waals surface area contributed by atoms with Crippen molar-refractivity contribution >= 4 is 5.91 Å². The van der Waals surface area contributed by atoms with Crippen molar-refractivity contribution in [1.82, 2.24) is 4.90 Å². The van der Waals surface area contributed by atoms with Crippen LogP contribution >= 0.6 is 0 Å². The second-order valence-electron chi connectivity index (χ2n) is 4.68. The number of carbonyl (C=O) groups excluding carboxylic acids is 1. The van der Waals surface area contributed by atoms with Gasteiger partial charge in [-0.25, -0.2) is 0 Å². The molecule has 80 valence electrons.